The fourth-order valence-electron chi connectivity index (χ4n) is 12.1. The summed E-state index contributed by atoms with van der Waals surface area (Å²) in [4.78, 5) is 58.9. The van der Waals surface area contributed by atoms with Gasteiger partial charge in [0.1, 0.15) is 25.4 Å². The zero-order valence-electron chi connectivity index (χ0n) is 72.4. The summed E-state index contributed by atoms with van der Waals surface area (Å²) >= 11 is 0. The molecule has 0 aliphatic carbocycles. The van der Waals surface area contributed by atoms with Gasteiger partial charge in [-0.15, -0.1) is 0 Å². The number of aliphatic hydroxyl groups is 2. The number of phosphoric acid groups is 2. The first-order valence-electron chi connectivity index (χ1n) is 45.4. The quantitative estimate of drug-likeness (QED) is 0.0146. The minimum atomic E-state index is -4.96. The summed E-state index contributed by atoms with van der Waals surface area (Å²) < 4.78 is 61.3. The molecule has 0 aromatic carbocycles. The molecule has 0 bridgehead atoms. The minimum absolute atomic E-state index is 0.0212. The molecule has 5 unspecified atom stereocenters. The highest BCUT2D eigenvalue weighted by atomic mass is 31.2. The predicted molar refractivity (Wildman–Crippen MR) is 482 cm³/mol. The second kappa shape index (κ2) is 88.2. The zero-order chi connectivity index (χ0) is 83.6. The number of hydrogen-bond donors (Lipinski definition) is 4. The van der Waals surface area contributed by atoms with Gasteiger partial charge in [-0.05, 0) is 148 Å². The van der Waals surface area contributed by atoms with Crippen LogP contribution in [0.15, 0.2) is 170 Å². The monoisotopic (exact) mass is 1650 g/mol. The zero-order valence-corrected chi connectivity index (χ0v) is 74.2. The van der Waals surface area contributed by atoms with Gasteiger partial charge in [0.05, 0.1) is 26.4 Å². The molecular formula is C97H164O16P2. The van der Waals surface area contributed by atoms with E-state index in [0.717, 1.165) is 135 Å². The molecule has 18 heteroatoms. The molecule has 5 atom stereocenters. The number of rotatable bonds is 85. The van der Waals surface area contributed by atoms with E-state index in [1.54, 1.807) is 0 Å². The molecule has 0 rings (SSSR count). The summed E-state index contributed by atoms with van der Waals surface area (Å²) in [7, 11) is -9.83. The molecule has 0 fully saturated rings. The smallest absolute Gasteiger partial charge is 0.463 e. The van der Waals surface area contributed by atoms with E-state index in [-0.39, 0.29) is 19.3 Å². The lowest BCUT2D eigenvalue weighted by atomic mass is 10.0. The number of phosphoric ester groups is 2. The Morgan fingerprint density at radius 1 is 0.252 bits per heavy atom. The maximum Gasteiger partial charge on any atom is 0.472 e. The number of hydrogen-bond acceptors (Lipinski definition) is 14. The van der Waals surface area contributed by atoms with Gasteiger partial charge >= 0.3 is 33.6 Å². The van der Waals surface area contributed by atoms with E-state index in [0.29, 0.717) is 25.7 Å². The Morgan fingerprint density at radius 3 is 0.757 bits per heavy atom. The van der Waals surface area contributed by atoms with Gasteiger partial charge in [-0.2, -0.15) is 0 Å². The molecular weight excluding hydrogens is 1480 g/mol. The van der Waals surface area contributed by atoms with Crippen LogP contribution >= 0.6 is 15.6 Å². The van der Waals surface area contributed by atoms with E-state index < -0.39 is 91.5 Å². The van der Waals surface area contributed by atoms with Crippen molar-refractivity contribution in [3.63, 3.8) is 0 Å². The lowest BCUT2D eigenvalue weighted by Gasteiger charge is -2.21. The van der Waals surface area contributed by atoms with Crippen LogP contribution in [-0.2, 0) is 55.8 Å². The maximum atomic E-state index is 13.0. The number of carbonyl (C=O) groups excluding carboxylic acids is 3. The van der Waals surface area contributed by atoms with E-state index in [1.165, 1.54) is 167 Å². The summed E-state index contributed by atoms with van der Waals surface area (Å²) in [6, 6.07) is 0. The fourth-order valence-corrected chi connectivity index (χ4v) is 13.7. The molecule has 115 heavy (non-hydrogen) atoms. The van der Waals surface area contributed by atoms with Crippen molar-refractivity contribution in [3.05, 3.63) is 170 Å². The highest BCUT2D eigenvalue weighted by Crippen LogP contribution is 2.45. The molecule has 0 saturated heterocycles. The van der Waals surface area contributed by atoms with Crippen molar-refractivity contribution in [2.75, 3.05) is 39.6 Å². The van der Waals surface area contributed by atoms with Crippen molar-refractivity contribution in [1.82, 2.24) is 0 Å². The largest absolute Gasteiger partial charge is 0.472 e. The van der Waals surface area contributed by atoms with Crippen LogP contribution < -0.4 is 0 Å². The third-order valence-electron chi connectivity index (χ3n) is 18.9. The molecule has 658 valence electrons. The third-order valence-corrected chi connectivity index (χ3v) is 20.8. The molecule has 16 nitrogen and oxygen atoms in total. The van der Waals surface area contributed by atoms with E-state index in [4.69, 9.17) is 32.3 Å². The van der Waals surface area contributed by atoms with Crippen LogP contribution in [0.2, 0.25) is 0 Å². The van der Waals surface area contributed by atoms with Crippen LogP contribution in [0.4, 0.5) is 0 Å². The van der Waals surface area contributed by atoms with Crippen LogP contribution in [0.3, 0.4) is 0 Å². The van der Waals surface area contributed by atoms with Gasteiger partial charge in [-0.25, -0.2) is 9.13 Å². The Kier molecular flexibility index (Phi) is 84.3. The molecule has 0 aromatic rings. The van der Waals surface area contributed by atoms with E-state index in [9.17, 15) is 43.5 Å². The Balaban J connectivity index is 4.50. The van der Waals surface area contributed by atoms with E-state index in [1.807, 2.05) is 12.2 Å². The first-order chi connectivity index (χ1) is 56.2. The minimum Gasteiger partial charge on any atom is -0.463 e. The van der Waals surface area contributed by atoms with E-state index in [2.05, 4.69) is 179 Å². The second-order valence-electron chi connectivity index (χ2n) is 30.0. The number of ether oxygens (including phenoxy) is 3. The fraction of sp³-hybridized carbons (Fsp3) is 0.680. The highest BCUT2D eigenvalue weighted by Gasteiger charge is 2.29. The molecule has 0 aliphatic heterocycles. The van der Waals surface area contributed by atoms with Crippen molar-refractivity contribution in [2.45, 2.75) is 386 Å². The molecule has 0 amide bonds. The van der Waals surface area contributed by atoms with Crippen LogP contribution in [0.25, 0.3) is 0 Å². The molecule has 0 aliphatic rings. The van der Waals surface area contributed by atoms with Crippen LogP contribution in [0.5, 0.6) is 0 Å². The Labute approximate surface area is 701 Å². The number of carbonyl (C=O) groups is 3. The average Bonchev–Trinajstić information content (AvgIpc) is 0.872. The second-order valence-corrected chi connectivity index (χ2v) is 32.9. The third kappa shape index (κ3) is 89.5. The van der Waals surface area contributed by atoms with Crippen molar-refractivity contribution in [3.8, 4) is 0 Å². The van der Waals surface area contributed by atoms with E-state index >= 15 is 0 Å². The van der Waals surface area contributed by atoms with Gasteiger partial charge in [-0.3, -0.25) is 32.5 Å². The number of allylic oxidation sites excluding steroid dienone is 28. The maximum absolute atomic E-state index is 13.0. The number of aliphatic hydroxyl groups excluding tert-OH is 2. The Hall–Kier alpha value is -5.09. The van der Waals surface area contributed by atoms with Crippen LogP contribution in [0.1, 0.15) is 367 Å². The summed E-state index contributed by atoms with van der Waals surface area (Å²) in [5, 5.41) is 20.7. The van der Waals surface area contributed by atoms with Crippen LogP contribution in [0, 0.1) is 0 Å². The van der Waals surface area contributed by atoms with Crippen LogP contribution in [-0.4, -0.2) is 95.9 Å². The molecule has 0 spiro atoms. The van der Waals surface area contributed by atoms with Gasteiger partial charge in [0.25, 0.3) is 0 Å². The van der Waals surface area contributed by atoms with Gasteiger partial charge in [0.2, 0.25) is 0 Å². The van der Waals surface area contributed by atoms with Crippen molar-refractivity contribution in [2.24, 2.45) is 0 Å². The molecule has 0 radical (unpaired) electrons. The Morgan fingerprint density at radius 2 is 0.470 bits per heavy atom. The standard InChI is InChI=1S/C97H164O16P2/c1-4-7-10-13-16-19-22-25-28-31-33-35-37-39-41-42-43-44-45-46-47-48-50-52-53-55-57-60-62-65-68-71-74-77-80-83-95(100)107-86-92(98)87-109-114(103,104)110-88-93(99)89-111-115(105,106)112-91-94(113-97(102)85-82-79-76-73-70-67-64-59-30-27-24-21-18-15-12-9-6-3)90-108-96(101)84-81-78-75-72-69-66-63-61-58-56-54-51-49-40-38-36-34-32-29-26-23-20-17-14-11-8-5-2/h8-9,11-12,16-21,25-30,33-36,39-41,49,64,67,73,76,92-94,98-99H,4-7,10,13-15,22-24,31-32,37-38,42-48,50-63,65-66,68-72,74-75,77-91H2,1-3H3,(H,103,104)(H,105,106)/b11-8-,12-9-,19-16-,20-17-,21-18-,28-25-,29-26-,30-27-,35-33-,36-34-,41-39-,49-40-,67-64-,76-73-. The summed E-state index contributed by atoms with van der Waals surface area (Å²) in [6.07, 6.45) is 114. The van der Waals surface area contributed by atoms with Gasteiger partial charge in [-0.1, -0.05) is 371 Å². The lowest BCUT2D eigenvalue weighted by molar-refractivity contribution is -0.161. The summed E-state index contributed by atoms with van der Waals surface area (Å²) in [6.45, 7) is 2.38. The molecule has 0 heterocycles. The van der Waals surface area contributed by atoms with Crippen molar-refractivity contribution >= 4 is 33.6 Å². The summed E-state index contributed by atoms with van der Waals surface area (Å²) in [5.74, 6) is -1.64. The lowest BCUT2D eigenvalue weighted by Crippen LogP contribution is -2.30. The summed E-state index contributed by atoms with van der Waals surface area (Å²) in [5.41, 5.74) is 0. The average molecular weight is 1650 g/mol. The number of esters is 3. The van der Waals surface area contributed by atoms with Gasteiger partial charge in [0, 0.05) is 19.3 Å². The molecule has 4 N–H and O–H groups in total. The normalized spacial score (nSPS) is 14.6. The first kappa shape index (κ1) is 110. The highest BCUT2D eigenvalue weighted by molar-refractivity contribution is 7.47. The first-order valence-corrected chi connectivity index (χ1v) is 48.4. The van der Waals surface area contributed by atoms with Gasteiger partial charge < -0.3 is 34.2 Å². The van der Waals surface area contributed by atoms with Gasteiger partial charge in [0.15, 0.2) is 6.10 Å². The Bertz CT molecular complexity index is 2770. The molecule has 0 aromatic heterocycles. The van der Waals surface area contributed by atoms with Crippen molar-refractivity contribution in [1.29, 1.82) is 0 Å². The van der Waals surface area contributed by atoms with Crippen molar-refractivity contribution < 1.29 is 75.8 Å². The topological polar surface area (TPSA) is 231 Å². The predicted octanol–water partition coefficient (Wildman–Crippen LogP) is 27.9. The molecule has 0 saturated carbocycles. The number of unbranched alkanes of at least 4 members (excludes halogenated alkanes) is 34. The SMILES string of the molecule is CC/C=C\C/C=C\C/C=C\C/C=C\C/C=C\CCCCCCCCCCCCCC(=O)OCC(COP(=O)(O)OCC(O)COP(=O)(O)OCC(O)COC(=O)CCCCCCCCCCCCCCCCCCCCC/C=C\C/C=C\C/C=C\C/C=C\CCCCC)OC(=O)CCC/C=C\C/C=C\C/C=C\C/C=C\C/C=C\CC.